The number of ether oxygens (including phenoxy) is 1. The maximum absolute atomic E-state index is 12.6. The number of carbonyl (C=O) groups is 1. The number of fused-ring (bicyclic) bond motifs is 5. The Hall–Kier alpha value is -2.35. The van der Waals surface area contributed by atoms with Gasteiger partial charge in [-0.2, -0.15) is 0 Å². The summed E-state index contributed by atoms with van der Waals surface area (Å²) in [5.41, 5.74) is 4.89. The van der Waals surface area contributed by atoms with Crippen LogP contribution in [0.4, 0.5) is 0 Å². The molecule has 4 aliphatic rings. The predicted molar refractivity (Wildman–Crippen MR) is 163 cm³/mol. The van der Waals surface area contributed by atoms with Crippen molar-refractivity contribution in [3.63, 3.8) is 0 Å². The highest BCUT2D eigenvalue weighted by atomic mass is 16.5. The van der Waals surface area contributed by atoms with Crippen molar-refractivity contribution in [1.82, 2.24) is 0 Å². The van der Waals surface area contributed by atoms with E-state index in [-0.39, 0.29) is 17.5 Å². The van der Waals surface area contributed by atoms with E-state index >= 15 is 0 Å². The summed E-state index contributed by atoms with van der Waals surface area (Å²) in [5, 5.41) is 0. The highest BCUT2D eigenvalue weighted by Gasteiger charge is 2.57. The summed E-state index contributed by atoms with van der Waals surface area (Å²) in [6.45, 7) is 14.6. The summed E-state index contributed by atoms with van der Waals surface area (Å²) >= 11 is 0. The minimum absolute atomic E-state index is 0.0159. The molecule has 0 heterocycles. The molecule has 0 N–H and O–H groups in total. The van der Waals surface area contributed by atoms with Crippen LogP contribution in [0.5, 0.6) is 0 Å². The first-order chi connectivity index (χ1) is 18.6. The van der Waals surface area contributed by atoms with Crippen LogP contribution in [0.15, 0.2) is 71.9 Å². The van der Waals surface area contributed by atoms with Gasteiger partial charge in [0, 0.05) is 12.5 Å². The van der Waals surface area contributed by atoms with Crippen LogP contribution in [0.1, 0.15) is 92.1 Å². The number of carbonyl (C=O) groups excluding carboxylic acids is 1. The highest BCUT2D eigenvalue weighted by Crippen LogP contribution is 2.66. The zero-order valence-electron chi connectivity index (χ0n) is 25.2. The van der Waals surface area contributed by atoms with Crippen LogP contribution in [0.2, 0.25) is 0 Å². The third-order valence-corrected chi connectivity index (χ3v) is 11.5. The fourth-order valence-corrected chi connectivity index (χ4v) is 8.61. The van der Waals surface area contributed by atoms with Gasteiger partial charge in [0.05, 0.1) is 0 Å². The molecule has 8 atom stereocenters. The minimum atomic E-state index is -0.225. The first-order valence-electron chi connectivity index (χ1n) is 15.6. The SMILES string of the molecule is CC(C)[C@@H](C)/C=C/[C@@H](C)[C@H]1CCC2C3=CC=C4C[C@@H](OC(=O)/C=C/c5ccccc5)CC[C@]4(C)C3CC[C@@]21C. The molecule has 2 heteroatoms. The third kappa shape index (κ3) is 5.50. The van der Waals surface area contributed by atoms with Crippen molar-refractivity contribution in [2.75, 3.05) is 0 Å². The van der Waals surface area contributed by atoms with Gasteiger partial charge in [-0.15, -0.1) is 0 Å². The molecule has 4 aliphatic carbocycles. The zero-order valence-corrected chi connectivity index (χ0v) is 25.2. The van der Waals surface area contributed by atoms with E-state index in [1.165, 1.54) is 31.3 Å². The standard InChI is InChI=1S/C37H50O2/c1-25(2)26(3)12-13-27(4)32-17-18-33-31-16-15-29-24-30(39-35(38)19-14-28-10-8-7-9-11-28)20-22-36(29,5)34(31)21-23-37(32,33)6/h7-16,19,25-27,30,32-34H,17-18,20-24H2,1-6H3/b13-12+,19-14+/t26-,27+,30-,32+,33?,34?,36-,37+/m0/s1. The number of esters is 1. The predicted octanol–water partition coefficient (Wildman–Crippen LogP) is 9.60. The minimum Gasteiger partial charge on any atom is -0.459 e. The molecule has 0 bridgehead atoms. The quantitative estimate of drug-likeness (QED) is 0.201. The molecule has 0 saturated heterocycles. The lowest BCUT2D eigenvalue weighted by Crippen LogP contribution is -2.46. The molecule has 0 amide bonds. The fourth-order valence-electron chi connectivity index (χ4n) is 8.61. The van der Waals surface area contributed by atoms with Gasteiger partial charge in [0.15, 0.2) is 0 Å². The molecule has 210 valence electrons. The Bertz CT molecular complexity index is 1150. The van der Waals surface area contributed by atoms with E-state index in [0.29, 0.717) is 35.0 Å². The molecule has 0 aliphatic heterocycles. The molecule has 3 fully saturated rings. The van der Waals surface area contributed by atoms with Gasteiger partial charge in [0.2, 0.25) is 0 Å². The Balaban J connectivity index is 1.27. The Morgan fingerprint density at radius 2 is 1.69 bits per heavy atom. The average Bonchev–Trinajstić information content (AvgIpc) is 3.28. The average molecular weight is 527 g/mol. The van der Waals surface area contributed by atoms with Crippen molar-refractivity contribution >= 4 is 12.0 Å². The third-order valence-electron chi connectivity index (χ3n) is 11.5. The lowest BCUT2D eigenvalue weighted by atomic mass is 9.50. The van der Waals surface area contributed by atoms with E-state index in [2.05, 4.69) is 65.8 Å². The van der Waals surface area contributed by atoms with E-state index in [1.807, 2.05) is 36.4 Å². The highest BCUT2D eigenvalue weighted by molar-refractivity contribution is 5.87. The van der Waals surface area contributed by atoms with Crippen LogP contribution in [0.3, 0.4) is 0 Å². The van der Waals surface area contributed by atoms with Crippen LogP contribution in [-0.2, 0) is 9.53 Å². The van der Waals surface area contributed by atoms with Gasteiger partial charge in [0.1, 0.15) is 6.10 Å². The van der Waals surface area contributed by atoms with Crippen LogP contribution in [0.25, 0.3) is 6.08 Å². The molecule has 2 unspecified atom stereocenters. The van der Waals surface area contributed by atoms with E-state index in [4.69, 9.17) is 4.74 Å². The van der Waals surface area contributed by atoms with Gasteiger partial charge < -0.3 is 4.74 Å². The van der Waals surface area contributed by atoms with Gasteiger partial charge >= 0.3 is 5.97 Å². The van der Waals surface area contributed by atoms with Gasteiger partial charge in [-0.1, -0.05) is 107 Å². The smallest absolute Gasteiger partial charge is 0.331 e. The summed E-state index contributed by atoms with van der Waals surface area (Å²) in [4.78, 5) is 12.6. The topological polar surface area (TPSA) is 26.3 Å². The summed E-state index contributed by atoms with van der Waals surface area (Å²) < 4.78 is 5.93. The second-order valence-corrected chi connectivity index (χ2v) is 14.0. The largest absolute Gasteiger partial charge is 0.459 e. The van der Waals surface area contributed by atoms with Crippen molar-refractivity contribution < 1.29 is 9.53 Å². The Labute approximate surface area is 237 Å². The van der Waals surface area contributed by atoms with Gasteiger partial charge in [-0.3, -0.25) is 0 Å². The first-order valence-corrected chi connectivity index (χ1v) is 15.6. The second-order valence-electron chi connectivity index (χ2n) is 14.0. The van der Waals surface area contributed by atoms with Crippen LogP contribution < -0.4 is 0 Å². The van der Waals surface area contributed by atoms with Crippen LogP contribution >= 0.6 is 0 Å². The Morgan fingerprint density at radius 1 is 0.923 bits per heavy atom. The second kappa shape index (κ2) is 11.3. The van der Waals surface area contributed by atoms with E-state index < -0.39 is 0 Å². The normalized spacial score (nSPS) is 35.7. The number of allylic oxidation sites excluding steroid dienone is 5. The van der Waals surface area contributed by atoms with E-state index in [9.17, 15) is 4.79 Å². The van der Waals surface area contributed by atoms with Crippen LogP contribution in [0, 0.1) is 46.3 Å². The number of hydrogen-bond donors (Lipinski definition) is 0. The van der Waals surface area contributed by atoms with Crippen molar-refractivity contribution in [2.24, 2.45) is 46.3 Å². The molecule has 1 aromatic carbocycles. The van der Waals surface area contributed by atoms with Crippen molar-refractivity contribution in [3.8, 4) is 0 Å². The van der Waals surface area contributed by atoms with E-state index in [0.717, 1.165) is 30.7 Å². The first kappa shape index (κ1) is 28.2. The van der Waals surface area contributed by atoms with Crippen molar-refractivity contribution in [1.29, 1.82) is 0 Å². The van der Waals surface area contributed by atoms with Crippen LogP contribution in [-0.4, -0.2) is 12.1 Å². The molecule has 1 aromatic rings. The number of hydrogen-bond acceptors (Lipinski definition) is 2. The molecular weight excluding hydrogens is 476 g/mol. The molecule has 0 spiro atoms. The Kier molecular flexibility index (Phi) is 8.14. The zero-order chi connectivity index (χ0) is 27.8. The van der Waals surface area contributed by atoms with Gasteiger partial charge in [-0.25, -0.2) is 4.79 Å². The summed E-state index contributed by atoms with van der Waals surface area (Å²) in [5.74, 6) is 3.91. The number of benzene rings is 1. The maximum atomic E-state index is 12.6. The molecular formula is C37H50O2. The van der Waals surface area contributed by atoms with Gasteiger partial charge in [-0.05, 0) is 96.5 Å². The van der Waals surface area contributed by atoms with Crippen molar-refractivity contribution in [3.05, 3.63) is 77.4 Å². The monoisotopic (exact) mass is 526 g/mol. The maximum Gasteiger partial charge on any atom is 0.331 e. The molecule has 5 rings (SSSR count). The molecule has 0 radical (unpaired) electrons. The molecule has 2 nitrogen and oxygen atoms in total. The fraction of sp³-hybridized carbons (Fsp3) is 0.595. The molecule has 0 aromatic heterocycles. The lowest BCUT2D eigenvalue weighted by Gasteiger charge is -2.55. The summed E-state index contributed by atoms with van der Waals surface area (Å²) in [6, 6.07) is 9.95. The van der Waals surface area contributed by atoms with E-state index in [1.54, 1.807) is 11.6 Å². The van der Waals surface area contributed by atoms with Gasteiger partial charge in [0.25, 0.3) is 0 Å². The summed E-state index contributed by atoms with van der Waals surface area (Å²) in [6.07, 6.45) is 21.7. The lowest BCUT2D eigenvalue weighted by molar-refractivity contribution is -0.144. The molecule has 39 heavy (non-hydrogen) atoms. The number of rotatable bonds is 7. The van der Waals surface area contributed by atoms with Crippen molar-refractivity contribution in [2.45, 2.75) is 92.6 Å². The molecule has 3 saturated carbocycles. The summed E-state index contributed by atoms with van der Waals surface area (Å²) in [7, 11) is 0. The Morgan fingerprint density at radius 3 is 2.44 bits per heavy atom.